The lowest BCUT2D eigenvalue weighted by Gasteiger charge is -2.34. The number of nitrogens with zero attached hydrogens (tertiary/aromatic N) is 2. The number of hydrogen-bond donors (Lipinski definition) is 1. The number of carbonyl (C=O) groups is 1. The largest absolute Gasteiger partial charge is 0.336 e. The molecular formula is C12H23N3O3S. The van der Waals surface area contributed by atoms with E-state index < -0.39 is 10.0 Å². The van der Waals surface area contributed by atoms with Gasteiger partial charge in [-0.1, -0.05) is 6.42 Å². The maximum atomic E-state index is 11.9. The first-order chi connectivity index (χ1) is 8.98. The van der Waals surface area contributed by atoms with E-state index in [0.717, 1.165) is 45.2 Å². The molecule has 0 aromatic rings. The number of piperidine rings is 1. The molecule has 0 spiro atoms. The summed E-state index contributed by atoms with van der Waals surface area (Å²) < 4.78 is 24.9. The lowest BCUT2D eigenvalue weighted by molar-refractivity contribution is 0.198. The summed E-state index contributed by atoms with van der Waals surface area (Å²) in [5.41, 5.74) is 0. The van der Waals surface area contributed by atoms with Crippen LogP contribution in [0.5, 0.6) is 0 Å². The highest BCUT2D eigenvalue weighted by Crippen LogP contribution is 2.19. The van der Waals surface area contributed by atoms with Gasteiger partial charge in [0.1, 0.15) is 0 Å². The molecule has 2 aliphatic heterocycles. The zero-order valence-corrected chi connectivity index (χ0v) is 12.3. The molecule has 0 radical (unpaired) electrons. The van der Waals surface area contributed by atoms with Crippen molar-refractivity contribution in [3.05, 3.63) is 0 Å². The molecule has 0 aliphatic carbocycles. The van der Waals surface area contributed by atoms with Gasteiger partial charge in [-0.2, -0.15) is 4.31 Å². The fourth-order valence-electron chi connectivity index (χ4n) is 2.85. The Bertz CT molecular complexity index is 418. The molecule has 110 valence electrons. The third kappa shape index (κ3) is 3.82. The third-order valence-electron chi connectivity index (χ3n) is 3.88. The van der Waals surface area contributed by atoms with E-state index in [1.807, 2.05) is 0 Å². The van der Waals surface area contributed by atoms with Crippen LogP contribution in [0.3, 0.4) is 0 Å². The molecule has 2 heterocycles. The van der Waals surface area contributed by atoms with E-state index in [9.17, 15) is 13.2 Å². The van der Waals surface area contributed by atoms with Gasteiger partial charge in [0.25, 0.3) is 0 Å². The standard InChI is InChI=1S/C12H23N3O3S/c1-19(17,18)15-9-3-2-6-11(15)10-13-12(16)14-7-4-5-8-14/h11H,2-10H2,1H3,(H,13,16). The maximum absolute atomic E-state index is 11.9. The second-order valence-corrected chi connectivity index (χ2v) is 7.34. The summed E-state index contributed by atoms with van der Waals surface area (Å²) >= 11 is 0. The van der Waals surface area contributed by atoms with Gasteiger partial charge in [0.2, 0.25) is 10.0 Å². The topological polar surface area (TPSA) is 69.7 Å². The van der Waals surface area contributed by atoms with Crippen molar-refractivity contribution >= 4 is 16.1 Å². The Morgan fingerprint density at radius 3 is 2.42 bits per heavy atom. The molecule has 2 saturated heterocycles. The number of urea groups is 1. The first kappa shape index (κ1) is 14.6. The minimum Gasteiger partial charge on any atom is -0.336 e. The van der Waals surface area contributed by atoms with Crippen LogP contribution in [0, 0.1) is 0 Å². The van der Waals surface area contributed by atoms with Crippen LogP contribution >= 0.6 is 0 Å². The van der Waals surface area contributed by atoms with Crippen molar-refractivity contribution in [2.45, 2.75) is 38.1 Å². The Kier molecular flexibility index (Phi) is 4.67. The van der Waals surface area contributed by atoms with Gasteiger partial charge in [0, 0.05) is 32.2 Å². The molecule has 0 bridgehead atoms. The summed E-state index contributed by atoms with van der Waals surface area (Å²) in [4.78, 5) is 13.7. The second kappa shape index (κ2) is 6.09. The molecule has 2 rings (SSSR count). The van der Waals surface area contributed by atoms with Crippen LogP contribution in [-0.4, -0.2) is 62.1 Å². The van der Waals surface area contributed by atoms with E-state index in [0.29, 0.717) is 13.1 Å². The predicted octanol–water partition coefficient (Wildman–Crippen LogP) is 0.606. The number of amides is 2. The van der Waals surface area contributed by atoms with Gasteiger partial charge in [0.05, 0.1) is 6.26 Å². The average molecular weight is 289 g/mol. The number of sulfonamides is 1. The van der Waals surface area contributed by atoms with E-state index in [1.165, 1.54) is 10.6 Å². The molecule has 2 aliphatic rings. The monoisotopic (exact) mass is 289 g/mol. The molecule has 0 aromatic heterocycles. The molecular weight excluding hydrogens is 266 g/mol. The summed E-state index contributed by atoms with van der Waals surface area (Å²) in [6.07, 6.45) is 6.12. The molecule has 1 N–H and O–H groups in total. The third-order valence-corrected chi connectivity index (χ3v) is 5.21. The van der Waals surface area contributed by atoms with Crippen molar-refractivity contribution in [1.29, 1.82) is 0 Å². The fourth-order valence-corrected chi connectivity index (χ4v) is 4.03. The van der Waals surface area contributed by atoms with Crippen LogP contribution in [-0.2, 0) is 10.0 Å². The first-order valence-electron chi connectivity index (χ1n) is 6.98. The normalized spacial score (nSPS) is 25.5. The smallest absolute Gasteiger partial charge is 0.317 e. The first-order valence-corrected chi connectivity index (χ1v) is 8.83. The van der Waals surface area contributed by atoms with Crippen molar-refractivity contribution in [2.24, 2.45) is 0 Å². The van der Waals surface area contributed by atoms with Crippen molar-refractivity contribution in [3.8, 4) is 0 Å². The van der Waals surface area contributed by atoms with Crippen LogP contribution in [0.2, 0.25) is 0 Å². The Labute approximate surface area is 115 Å². The van der Waals surface area contributed by atoms with E-state index in [4.69, 9.17) is 0 Å². The fraction of sp³-hybridized carbons (Fsp3) is 0.917. The van der Waals surface area contributed by atoms with Crippen LogP contribution in [0.15, 0.2) is 0 Å². The maximum Gasteiger partial charge on any atom is 0.317 e. The molecule has 6 nitrogen and oxygen atoms in total. The van der Waals surface area contributed by atoms with Gasteiger partial charge in [0.15, 0.2) is 0 Å². The number of nitrogens with one attached hydrogen (secondary N) is 1. The zero-order valence-electron chi connectivity index (χ0n) is 11.5. The van der Waals surface area contributed by atoms with Crippen molar-refractivity contribution in [2.75, 3.05) is 32.4 Å². The molecule has 2 fully saturated rings. The van der Waals surface area contributed by atoms with Crippen LogP contribution < -0.4 is 5.32 Å². The van der Waals surface area contributed by atoms with E-state index in [2.05, 4.69) is 5.32 Å². The lowest BCUT2D eigenvalue weighted by Crippen LogP contribution is -2.50. The molecule has 0 saturated carbocycles. The van der Waals surface area contributed by atoms with Crippen LogP contribution in [0.4, 0.5) is 4.79 Å². The van der Waals surface area contributed by atoms with Gasteiger partial charge in [-0.3, -0.25) is 0 Å². The van der Waals surface area contributed by atoms with E-state index >= 15 is 0 Å². The minimum absolute atomic E-state index is 0.0588. The van der Waals surface area contributed by atoms with E-state index in [1.54, 1.807) is 4.90 Å². The zero-order chi connectivity index (χ0) is 13.9. The number of carbonyl (C=O) groups excluding carboxylic acids is 1. The van der Waals surface area contributed by atoms with Gasteiger partial charge in [-0.15, -0.1) is 0 Å². The number of hydrogen-bond acceptors (Lipinski definition) is 3. The number of rotatable bonds is 3. The molecule has 1 unspecified atom stereocenters. The lowest BCUT2D eigenvalue weighted by atomic mass is 10.1. The van der Waals surface area contributed by atoms with Gasteiger partial charge in [-0.25, -0.2) is 13.2 Å². The highest BCUT2D eigenvalue weighted by molar-refractivity contribution is 7.88. The summed E-state index contributed by atoms with van der Waals surface area (Å²) in [6.45, 7) is 2.62. The van der Waals surface area contributed by atoms with Gasteiger partial charge >= 0.3 is 6.03 Å². The van der Waals surface area contributed by atoms with Crippen LogP contribution in [0.1, 0.15) is 32.1 Å². The summed E-state index contributed by atoms with van der Waals surface area (Å²) in [5.74, 6) is 0. The Hall–Kier alpha value is -0.820. The summed E-state index contributed by atoms with van der Waals surface area (Å²) in [5, 5.41) is 2.88. The summed E-state index contributed by atoms with van der Waals surface area (Å²) in [7, 11) is -3.17. The van der Waals surface area contributed by atoms with E-state index in [-0.39, 0.29) is 12.1 Å². The minimum atomic E-state index is -3.17. The Morgan fingerprint density at radius 2 is 1.79 bits per heavy atom. The average Bonchev–Trinajstić information content (AvgIpc) is 2.89. The Morgan fingerprint density at radius 1 is 1.16 bits per heavy atom. The number of likely N-dealkylation sites (tertiary alicyclic amines) is 1. The van der Waals surface area contributed by atoms with Crippen molar-refractivity contribution in [1.82, 2.24) is 14.5 Å². The highest BCUT2D eigenvalue weighted by atomic mass is 32.2. The molecule has 0 aromatic carbocycles. The highest BCUT2D eigenvalue weighted by Gasteiger charge is 2.30. The Balaban J connectivity index is 1.87. The van der Waals surface area contributed by atoms with Gasteiger partial charge in [-0.05, 0) is 25.7 Å². The molecule has 2 amide bonds. The second-order valence-electron chi connectivity index (χ2n) is 5.40. The van der Waals surface area contributed by atoms with Gasteiger partial charge < -0.3 is 10.2 Å². The van der Waals surface area contributed by atoms with Crippen molar-refractivity contribution in [3.63, 3.8) is 0 Å². The SMILES string of the molecule is CS(=O)(=O)N1CCCCC1CNC(=O)N1CCCC1. The molecule has 1 atom stereocenters. The summed E-state index contributed by atoms with van der Waals surface area (Å²) in [6, 6.07) is -0.146. The predicted molar refractivity (Wildman–Crippen MR) is 73.4 cm³/mol. The molecule has 7 heteroatoms. The van der Waals surface area contributed by atoms with Crippen LogP contribution in [0.25, 0.3) is 0 Å². The van der Waals surface area contributed by atoms with Crippen molar-refractivity contribution < 1.29 is 13.2 Å². The quantitative estimate of drug-likeness (QED) is 0.827. The molecule has 19 heavy (non-hydrogen) atoms.